The van der Waals surface area contributed by atoms with Crippen LogP contribution in [-0.2, 0) is 6.54 Å². The van der Waals surface area contributed by atoms with Crippen molar-refractivity contribution < 1.29 is 39.0 Å². The molecule has 4 N–H and O–H groups in total. The molecule has 222 valence electrons. The van der Waals surface area contributed by atoms with Gasteiger partial charge >= 0.3 is 14.5 Å². The van der Waals surface area contributed by atoms with Crippen LogP contribution in [0.5, 0.6) is 0 Å². The van der Waals surface area contributed by atoms with Crippen LogP contribution in [0.2, 0.25) is 0 Å². The average Bonchev–Trinajstić information content (AvgIpc) is 2.72. The molecule has 0 bridgehead atoms. The molecule has 0 atom stereocenters. The Bertz CT molecular complexity index is 577. The summed E-state index contributed by atoms with van der Waals surface area (Å²) in [6.45, 7) is 4.75. The number of nitrogens with zero attached hydrogens (tertiary/aromatic N) is 1. The summed E-state index contributed by atoms with van der Waals surface area (Å²) in [4.78, 5) is 0. The lowest BCUT2D eigenvalue weighted by Crippen LogP contribution is -2.39. The molecule has 0 aliphatic carbocycles. The van der Waals surface area contributed by atoms with Gasteiger partial charge in [-0.2, -0.15) is 0 Å². The zero-order valence-corrected chi connectivity index (χ0v) is 23.3. The molecule has 12 heteroatoms. The Labute approximate surface area is 220 Å². The maximum atomic E-state index is 9.75. The van der Waals surface area contributed by atoms with Gasteiger partial charge in [0.05, 0.1) is 20.6 Å². The first-order chi connectivity index (χ1) is 16.6. The van der Waals surface area contributed by atoms with Gasteiger partial charge in [0, 0.05) is 5.56 Å². The first-order valence-corrected chi connectivity index (χ1v) is 13.2. The van der Waals surface area contributed by atoms with Crippen LogP contribution in [0.15, 0.2) is 30.3 Å². The second-order valence-corrected chi connectivity index (χ2v) is 9.89. The van der Waals surface area contributed by atoms with Crippen molar-refractivity contribution in [2.75, 3.05) is 20.6 Å². The summed E-state index contributed by atoms with van der Waals surface area (Å²) in [6, 6.07) is 10.9. The van der Waals surface area contributed by atoms with Crippen LogP contribution in [-0.4, -0.2) is 39.6 Å². The summed E-state index contributed by atoms with van der Waals surface area (Å²) in [6.07, 6.45) is 20.2. The van der Waals surface area contributed by atoms with Crippen LogP contribution in [0.1, 0.15) is 102 Å². The van der Waals surface area contributed by atoms with Gasteiger partial charge < -0.3 is 45.2 Å². The summed E-state index contributed by atoms with van der Waals surface area (Å²) < 4.78 is 79.1. The van der Waals surface area contributed by atoms with Crippen molar-refractivity contribution >= 4 is 14.5 Å². The zero-order valence-electron chi connectivity index (χ0n) is 23.3. The number of unbranched alkanes of at least 4 members (excludes halogenated alkanes) is 13. The predicted octanol–water partition coefficient (Wildman–Crippen LogP) is 10.7. The molecule has 0 amide bonds. The molecule has 1 rings (SSSR count). The van der Waals surface area contributed by atoms with Gasteiger partial charge in [-0.1, -0.05) is 114 Å². The summed E-state index contributed by atoms with van der Waals surface area (Å²) in [5.41, 5.74) is 1.46. The van der Waals surface area contributed by atoms with Crippen LogP contribution >= 0.6 is 0 Å². The Morgan fingerprint density at radius 2 is 0.838 bits per heavy atom. The van der Waals surface area contributed by atoms with E-state index in [-0.39, 0.29) is 6.15 Å². The van der Waals surface area contributed by atoms with E-state index in [0.717, 1.165) is 11.0 Å². The fourth-order valence-corrected chi connectivity index (χ4v) is 3.89. The van der Waals surface area contributed by atoms with E-state index in [1.165, 1.54) is 102 Å². The van der Waals surface area contributed by atoms with Crippen molar-refractivity contribution in [2.45, 2.75) is 103 Å². The maximum Gasteiger partial charge on any atom is 0.673 e. The van der Waals surface area contributed by atoms with Crippen molar-refractivity contribution in [3.63, 3.8) is 0 Å². The van der Waals surface area contributed by atoms with E-state index < -0.39 is 14.5 Å². The zero-order chi connectivity index (χ0) is 27.9. The Kier molecular flexibility index (Phi) is 25.9. The minimum atomic E-state index is -6.00. The van der Waals surface area contributed by atoms with Gasteiger partial charge in [0.25, 0.3) is 0 Å². The minimum absolute atomic E-state index is 0. The molecule has 0 aliphatic rings. The van der Waals surface area contributed by atoms with Crippen molar-refractivity contribution in [2.24, 2.45) is 0 Å². The standard InChI is InChI=1S/C25H46N.2BF4.H3N/c1-4-5-6-7-8-9-10-11-12-13-14-15-16-20-23-26(2,3)24-25-21-18-17-19-22-25;2*2-1(3,4)5;/h17-19,21-22H,4-16,20,23-24H2,1-3H3;;;1H3/q+1;2*-1;/p+1. The highest BCUT2D eigenvalue weighted by atomic mass is 19.5. The molecular formula is C25H50B2F8N2. The lowest BCUT2D eigenvalue weighted by Gasteiger charge is -2.30. The Morgan fingerprint density at radius 1 is 0.541 bits per heavy atom. The Hall–Kier alpha value is -1.29. The van der Waals surface area contributed by atoms with E-state index in [9.17, 15) is 34.5 Å². The Morgan fingerprint density at radius 3 is 1.16 bits per heavy atom. The maximum absolute atomic E-state index is 9.75. The molecule has 0 fully saturated rings. The van der Waals surface area contributed by atoms with Crippen LogP contribution in [0.25, 0.3) is 0 Å². The number of rotatable bonds is 17. The summed E-state index contributed by atoms with van der Waals surface area (Å²) >= 11 is 0. The lowest BCUT2D eigenvalue weighted by atomic mass is 10.0. The van der Waals surface area contributed by atoms with E-state index in [2.05, 4.69) is 51.4 Å². The van der Waals surface area contributed by atoms with E-state index in [1.54, 1.807) is 0 Å². The number of benzene rings is 1. The quantitative estimate of drug-likeness (QED) is 0.0864. The minimum Gasteiger partial charge on any atom is -0.418 e. The first kappa shape index (κ1) is 40.2. The van der Waals surface area contributed by atoms with Crippen LogP contribution in [0.3, 0.4) is 0 Å². The molecule has 0 unspecified atom stereocenters. The fraction of sp³-hybridized carbons (Fsp3) is 0.760. The normalized spacial score (nSPS) is 11.5. The molecule has 0 saturated heterocycles. The second kappa shape index (κ2) is 23.8. The van der Waals surface area contributed by atoms with Gasteiger partial charge in [-0.05, 0) is 12.8 Å². The fourth-order valence-electron chi connectivity index (χ4n) is 3.89. The third kappa shape index (κ3) is 45.1. The van der Waals surface area contributed by atoms with E-state index in [0.29, 0.717) is 0 Å². The Balaban J connectivity index is -0.000000889. The first-order valence-electron chi connectivity index (χ1n) is 13.2. The molecule has 37 heavy (non-hydrogen) atoms. The molecule has 0 aromatic heterocycles. The summed E-state index contributed by atoms with van der Waals surface area (Å²) in [7, 11) is -7.26. The number of quaternary nitrogens is 2. The molecule has 0 heterocycles. The molecule has 0 aliphatic heterocycles. The van der Waals surface area contributed by atoms with E-state index in [1.807, 2.05) is 0 Å². The van der Waals surface area contributed by atoms with E-state index >= 15 is 0 Å². The average molecular weight is 552 g/mol. The lowest BCUT2D eigenvalue weighted by molar-refractivity contribution is -0.903. The third-order valence-corrected chi connectivity index (χ3v) is 5.57. The van der Waals surface area contributed by atoms with Gasteiger partial charge in [0.15, 0.2) is 0 Å². The molecule has 0 saturated carbocycles. The molecule has 0 radical (unpaired) electrons. The smallest absolute Gasteiger partial charge is 0.418 e. The van der Waals surface area contributed by atoms with Gasteiger partial charge in [-0.25, -0.2) is 0 Å². The SMILES string of the molecule is CCCCCCCCCCCCCCCC[N+](C)(C)Cc1ccccc1.F[B-](F)(F)F.F[B-](F)(F)F.[NH4+]. The topological polar surface area (TPSA) is 36.5 Å². The van der Waals surface area contributed by atoms with Crippen LogP contribution < -0.4 is 6.15 Å². The highest BCUT2D eigenvalue weighted by Gasteiger charge is 2.21. The number of hydrogen-bond donors (Lipinski definition) is 1. The molecule has 1 aromatic rings. The van der Waals surface area contributed by atoms with Crippen LogP contribution in [0.4, 0.5) is 34.5 Å². The van der Waals surface area contributed by atoms with Gasteiger partial charge in [-0.15, -0.1) is 0 Å². The highest BCUT2D eigenvalue weighted by Crippen LogP contribution is 2.15. The molecule has 2 nitrogen and oxygen atoms in total. The van der Waals surface area contributed by atoms with Crippen molar-refractivity contribution in [3.05, 3.63) is 35.9 Å². The van der Waals surface area contributed by atoms with Gasteiger partial charge in [-0.3, -0.25) is 0 Å². The van der Waals surface area contributed by atoms with Gasteiger partial charge in [0.2, 0.25) is 0 Å². The summed E-state index contributed by atoms with van der Waals surface area (Å²) in [5.74, 6) is 0. The molecular weight excluding hydrogens is 502 g/mol. The van der Waals surface area contributed by atoms with Crippen molar-refractivity contribution in [1.29, 1.82) is 0 Å². The highest BCUT2D eigenvalue weighted by molar-refractivity contribution is 6.50. The largest absolute Gasteiger partial charge is 0.673 e. The predicted molar refractivity (Wildman–Crippen MR) is 144 cm³/mol. The molecule has 0 spiro atoms. The van der Waals surface area contributed by atoms with E-state index in [4.69, 9.17) is 0 Å². The monoisotopic (exact) mass is 552 g/mol. The van der Waals surface area contributed by atoms with Crippen molar-refractivity contribution in [1.82, 2.24) is 6.15 Å². The van der Waals surface area contributed by atoms with Crippen LogP contribution in [0, 0.1) is 0 Å². The number of halogens is 8. The molecule has 1 aromatic carbocycles. The third-order valence-electron chi connectivity index (χ3n) is 5.57. The second-order valence-electron chi connectivity index (χ2n) is 9.89. The van der Waals surface area contributed by atoms with Gasteiger partial charge in [0.1, 0.15) is 6.54 Å². The van der Waals surface area contributed by atoms with Crippen molar-refractivity contribution in [3.8, 4) is 0 Å². The summed E-state index contributed by atoms with van der Waals surface area (Å²) in [5, 5.41) is 0. The number of hydrogen-bond acceptors (Lipinski definition) is 0.